The number of anilines is 3. The lowest BCUT2D eigenvalue weighted by Crippen LogP contribution is -2.49. The predicted octanol–water partition coefficient (Wildman–Crippen LogP) is 1.83. The van der Waals surface area contributed by atoms with E-state index < -0.39 is 36.9 Å². The van der Waals surface area contributed by atoms with Gasteiger partial charge in [0.1, 0.15) is 36.0 Å². The number of aryl methyl sites for hydroxylation is 1. The number of carbonyl (C=O) groups excluding carboxylic acids is 2. The van der Waals surface area contributed by atoms with E-state index in [9.17, 15) is 27.9 Å². The Morgan fingerprint density at radius 2 is 2.08 bits per heavy atom. The quantitative estimate of drug-likeness (QED) is 0.430. The highest BCUT2D eigenvalue weighted by molar-refractivity contribution is 6.05. The second-order valence-electron chi connectivity index (χ2n) is 8.95. The molecule has 200 valence electrons. The van der Waals surface area contributed by atoms with Crippen molar-refractivity contribution in [3.63, 3.8) is 0 Å². The second-order valence-corrected chi connectivity index (χ2v) is 8.95. The molecule has 0 aliphatic carbocycles. The molecule has 3 amide bonds. The van der Waals surface area contributed by atoms with Crippen molar-refractivity contribution in [2.75, 3.05) is 41.4 Å². The van der Waals surface area contributed by atoms with Gasteiger partial charge in [0.2, 0.25) is 0 Å². The van der Waals surface area contributed by atoms with E-state index in [1.165, 1.54) is 29.3 Å². The number of hydrogen-bond donors (Lipinski definition) is 4. The number of halogens is 3. The highest BCUT2D eigenvalue weighted by Gasteiger charge is 2.42. The van der Waals surface area contributed by atoms with Crippen LogP contribution in [0.4, 0.5) is 35.3 Å². The largest absolute Gasteiger partial charge is 0.489 e. The molecular formula is C23H27F3N6O5. The Morgan fingerprint density at radius 1 is 1.32 bits per heavy atom. The van der Waals surface area contributed by atoms with Crippen LogP contribution < -0.4 is 25.2 Å². The Morgan fingerprint density at radius 3 is 2.73 bits per heavy atom. The van der Waals surface area contributed by atoms with Crippen LogP contribution in [0, 0.1) is 6.92 Å². The fraction of sp³-hybridized carbons (Fsp3) is 0.478. The van der Waals surface area contributed by atoms with Crippen molar-refractivity contribution in [3.8, 4) is 5.75 Å². The summed E-state index contributed by atoms with van der Waals surface area (Å²) in [6.45, 7) is 3.18. The van der Waals surface area contributed by atoms with Crippen LogP contribution in [0.25, 0.3) is 0 Å². The minimum absolute atomic E-state index is 0.130. The molecule has 4 rings (SSSR count). The minimum Gasteiger partial charge on any atom is -0.489 e. The molecule has 2 aliphatic rings. The van der Waals surface area contributed by atoms with Crippen molar-refractivity contribution in [2.24, 2.45) is 0 Å². The van der Waals surface area contributed by atoms with Crippen LogP contribution in [0.15, 0.2) is 24.4 Å². The summed E-state index contributed by atoms with van der Waals surface area (Å²) in [7, 11) is 0. The second kappa shape index (κ2) is 10.4. The van der Waals surface area contributed by atoms with Crippen molar-refractivity contribution >= 4 is 29.3 Å². The first-order valence-electron chi connectivity index (χ1n) is 11.6. The SMILES string of the molecule is Cc1cc(C(=O)N[C@H](C)C(F)(F)F)nc2c1N1CCC(C1)N2C(=O)Nc1ccc(OC[C@@H](O)CO)cn1. The average Bonchev–Trinajstić information content (AvgIpc) is 3.25. The fourth-order valence-corrected chi connectivity index (χ4v) is 4.22. The first kappa shape index (κ1) is 26.4. The molecule has 4 heterocycles. The molecule has 37 heavy (non-hydrogen) atoms. The van der Waals surface area contributed by atoms with Gasteiger partial charge in [-0.05, 0) is 44.0 Å². The molecule has 2 aliphatic heterocycles. The molecule has 2 aromatic heterocycles. The normalized spacial score (nSPS) is 18.2. The molecule has 0 radical (unpaired) electrons. The molecule has 1 fully saturated rings. The third-order valence-electron chi connectivity index (χ3n) is 6.15. The summed E-state index contributed by atoms with van der Waals surface area (Å²) in [6.07, 6.45) is -3.66. The number of carbonyl (C=O) groups is 2. The van der Waals surface area contributed by atoms with Gasteiger partial charge in [-0.25, -0.2) is 14.8 Å². The molecule has 1 saturated heterocycles. The number of amides is 3. The van der Waals surface area contributed by atoms with E-state index in [1.807, 2.05) is 10.2 Å². The van der Waals surface area contributed by atoms with Gasteiger partial charge in [0.15, 0.2) is 5.82 Å². The lowest BCUT2D eigenvalue weighted by atomic mass is 10.1. The summed E-state index contributed by atoms with van der Waals surface area (Å²) < 4.78 is 44.1. The zero-order valence-electron chi connectivity index (χ0n) is 20.1. The van der Waals surface area contributed by atoms with Crippen LogP contribution in [0.1, 0.15) is 29.4 Å². The minimum atomic E-state index is -4.61. The van der Waals surface area contributed by atoms with Crippen LogP contribution in [0.5, 0.6) is 5.75 Å². The van der Waals surface area contributed by atoms with Gasteiger partial charge >= 0.3 is 12.2 Å². The van der Waals surface area contributed by atoms with Gasteiger partial charge in [-0.1, -0.05) is 0 Å². The van der Waals surface area contributed by atoms with Gasteiger partial charge in [0.05, 0.1) is 24.5 Å². The number of aliphatic hydroxyl groups excluding tert-OH is 2. The highest BCUT2D eigenvalue weighted by Crippen LogP contribution is 2.41. The van der Waals surface area contributed by atoms with Crippen molar-refractivity contribution < 1.29 is 37.7 Å². The maximum absolute atomic E-state index is 13.3. The molecule has 1 unspecified atom stereocenters. The number of nitrogens with one attached hydrogen (secondary N) is 2. The number of hydrogen-bond acceptors (Lipinski definition) is 8. The number of alkyl halides is 3. The first-order valence-corrected chi connectivity index (χ1v) is 11.6. The van der Waals surface area contributed by atoms with E-state index in [0.29, 0.717) is 36.5 Å². The number of ether oxygens (including phenoxy) is 1. The maximum atomic E-state index is 13.3. The van der Waals surface area contributed by atoms with Gasteiger partial charge in [-0.15, -0.1) is 0 Å². The summed E-state index contributed by atoms with van der Waals surface area (Å²) in [5.41, 5.74) is 1.03. The van der Waals surface area contributed by atoms with Crippen molar-refractivity contribution in [1.82, 2.24) is 15.3 Å². The molecule has 2 bridgehead atoms. The highest BCUT2D eigenvalue weighted by atomic mass is 19.4. The summed E-state index contributed by atoms with van der Waals surface area (Å²) in [4.78, 5) is 37.8. The fourth-order valence-electron chi connectivity index (χ4n) is 4.22. The van der Waals surface area contributed by atoms with E-state index >= 15 is 0 Å². The van der Waals surface area contributed by atoms with E-state index in [4.69, 9.17) is 9.84 Å². The molecule has 0 spiro atoms. The Labute approximate surface area is 210 Å². The van der Waals surface area contributed by atoms with Gasteiger partial charge < -0.3 is 25.2 Å². The van der Waals surface area contributed by atoms with Crippen LogP contribution in [-0.4, -0.2) is 82.8 Å². The molecule has 3 atom stereocenters. The number of nitrogens with zero attached hydrogens (tertiary/aromatic N) is 4. The Balaban J connectivity index is 1.56. The van der Waals surface area contributed by atoms with Crippen LogP contribution >= 0.6 is 0 Å². The topological polar surface area (TPSA) is 140 Å². The molecule has 14 heteroatoms. The summed E-state index contributed by atoms with van der Waals surface area (Å²) in [5.74, 6) is -0.283. The zero-order valence-corrected chi connectivity index (χ0v) is 20.1. The summed E-state index contributed by atoms with van der Waals surface area (Å²) >= 11 is 0. The first-order chi connectivity index (χ1) is 17.5. The third-order valence-corrected chi connectivity index (χ3v) is 6.15. The predicted molar refractivity (Wildman–Crippen MR) is 127 cm³/mol. The standard InChI is InChI=1S/C23H27F3N6O5/c1-12-7-17(21(35)28-13(2)23(24,25)26)29-20-19(12)31-6-5-14(9-31)32(20)22(36)30-18-4-3-16(8-27-18)37-11-15(34)10-33/h3-4,7-8,13-15,33-34H,5-6,9-11H2,1-2H3,(H,28,35)(H,27,30,36)/t13-,14?,15+/m1/s1. The van der Waals surface area contributed by atoms with Gasteiger partial charge in [0, 0.05) is 13.1 Å². The molecule has 0 aromatic carbocycles. The molecule has 11 nitrogen and oxygen atoms in total. The number of pyridine rings is 2. The van der Waals surface area contributed by atoms with Crippen molar-refractivity contribution in [1.29, 1.82) is 0 Å². The van der Waals surface area contributed by atoms with E-state index in [-0.39, 0.29) is 30.0 Å². The van der Waals surface area contributed by atoms with Gasteiger partial charge in [-0.3, -0.25) is 15.0 Å². The van der Waals surface area contributed by atoms with Gasteiger partial charge in [0.25, 0.3) is 5.91 Å². The Hall–Kier alpha value is -3.65. The Bertz CT molecular complexity index is 1160. The van der Waals surface area contributed by atoms with Gasteiger partial charge in [-0.2, -0.15) is 13.2 Å². The van der Waals surface area contributed by atoms with E-state index in [1.54, 1.807) is 6.92 Å². The average molecular weight is 525 g/mol. The van der Waals surface area contributed by atoms with Crippen LogP contribution in [0.3, 0.4) is 0 Å². The molecule has 2 aromatic rings. The lowest BCUT2D eigenvalue weighted by Gasteiger charge is -2.36. The third kappa shape index (κ3) is 5.69. The summed E-state index contributed by atoms with van der Waals surface area (Å²) in [6, 6.07) is 1.56. The molecule has 4 N–H and O–H groups in total. The number of urea groups is 1. The molecule has 0 saturated carbocycles. The Kier molecular flexibility index (Phi) is 7.41. The molecular weight excluding hydrogens is 497 g/mol. The van der Waals surface area contributed by atoms with Crippen LogP contribution in [-0.2, 0) is 0 Å². The monoisotopic (exact) mass is 524 g/mol. The van der Waals surface area contributed by atoms with Crippen LogP contribution in [0.2, 0.25) is 0 Å². The number of aromatic nitrogens is 2. The number of aliphatic hydroxyl groups is 2. The summed E-state index contributed by atoms with van der Waals surface area (Å²) in [5, 5.41) is 22.8. The lowest BCUT2D eigenvalue weighted by molar-refractivity contribution is -0.149. The zero-order chi connectivity index (χ0) is 26.9. The number of rotatable bonds is 7. The van der Waals surface area contributed by atoms with E-state index in [0.717, 1.165) is 6.92 Å². The van der Waals surface area contributed by atoms with E-state index in [2.05, 4.69) is 15.3 Å². The van der Waals surface area contributed by atoms with Crippen molar-refractivity contribution in [2.45, 2.75) is 44.6 Å². The maximum Gasteiger partial charge on any atom is 0.408 e. The van der Waals surface area contributed by atoms with Crippen molar-refractivity contribution in [3.05, 3.63) is 35.7 Å². The number of fused-ring (bicyclic) bond motifs is 4. The smallest absolute Gasteiger partial charge is 0.408 e.